The van der Waals surface area contributed by atoms with Crippen LogP contribution >= 0.6 is 34.5 Å². The molecule has 0 aliphatic carbocycles. The maximum atomic E-state index is 14.1. The van der Waals surface area contributed by atoms with Crippen molar-refractivity contribution in [3.05, 3.63) is 93.0 Å². The summed E-state index contributed by atoms with van der Waals surface area (Å²) in [6.45, 7) is 10.4. The number of thiazole rings is 1. The molecule has 0 unspecified atom stereocenters. The third-order valence-corrected chi connectivity index (χ3v) is 13.7. The average Bonchev–Trinajstić information content (AvgIpc) is 3.50. The fourth-order valence-corrected chi connectivity index (χ4v) is 8.10. The summed E-state index contributed by atoms with van der Waals surface area (Å²) in [6, 6.07) is 8.82. The summed E-state index contributed by atoms with van der Waals surface area (Å²) in [4.78, 5) is 31.3. The normalized spacial score (nSPS) is 12.8. The zero-order valence-electron chi connectivity index (χ0n) is 29.0. The topological polar surface area (TPSA) is 152 Å². The molecule has 2 heterocycles. The van der Waals surface area contributed by atoms with E-state index in [9.17, 15) is 48.4 Å². The van der Waals surface area contributed by atoms with Crippen LogP contribution in [-0.2, 0) is 40.9 Å². The third kappa shape index (κ3) is 9.70. The summed E-state index contributed by atoms with van der Waals surface area (Å²) in [5.74, 6) is -4.61. The van der Waals surface area contributed by atoms with E-state index in [0.717, 1.165) is 62.0 Å². The van der Waals surface area contributed by atoms with Gasteiger partial charge in [-0.3, -0.25) is 9.59 Å². The maximum absolute atomic E-state index is 14.1. The van der Waals surface area contributed by atoms with Gasteiger partial charge >= 0.3 is 6.18 Å². The Morgan fingerprint density at radius 1 is 0.679 bits per heavy atom. The molecule has 0 saturated carbocycles. The van der Waals surface area contributed by atoms with Crippen LogP contribution in [0.25, 0.3) is 0 Å². The molecule has 20 heteroatoms. The van der Waals surface area contributed by atoms with Gasteiger partial charge in [-0.05, 0) is 76.2 Å². The second-order valence-electron chi connectivity index (χ2n) is 13.3. The summed E-state index contributed by atoms with van der Waals surface area (Å²) in [5, 5.41) is 6.67. The van der Waals surface area contributed by atoms with Crippen molar-refractivity contribution in [2.45, 2.75) is 79.3 Å². The number of halogens is 7. The molecule has 4 aromatic rings. The van der Waals surface area contributed by atoms with E-state index in [1.807, 2.05) is 26.1 Å². The number of pyridine rings is 1. The van der Waals surface area contributed by atoms with Gasteiger partial charge in [0.25, 0.3) is 0 Å². The molecule has 2 aromatic carbocycles. The van der Waals surface area contributed by atoms with Crippen molar-refractivity contribution in [3.8, 4) is 0 Å². The Bertz CT molecular complexity index is 2260. The van der Waals surface area contributed by atoms with Gasteiger partial charge in [0.1, 0.15) is 42.4 Å². The van der Waals surface area contributed by atoms with E-state index in [1.165, 1.54) is 31.3 Å². The standard InChI is InChI=1S/C17H20ClFN2O3S2.C16H13ClF4N2O3S/c1-16(2,3)13-9-25-15(20-13)21-14(22)17(4,5)26(23,24)12-7-6-10(18)8-11(12)19;1-15(2,27(25,26)11-7-6-9(17)8-10(11)18)14(24)23-13-5-3-4-12(22-13)16(19,20)21/h6-9H,1-5H3,(H,20,21,22);3-8H,1-2H3,(H,22,23,24). The Hall–Kier alpha value is -3.71. The van der Waals surface area contributed by atoms with Gasteiger partial charge in [0.15, 0.2) is 24.8 Å². The lowest BCUT2D eigenvalue weighted by Crippen LogP contribution is -2.45. The number of hydrogen-bond donors (Lipinski definition) is 2. The van der Waals surface area contributed by atoms with Gasteiger partial charge in [-0.25, -0.2) is 35.6 Å². The first-order valence-corrected chi connectivity index (χ1v) is 19.7. The summed E-state index contributed by atoms with van der Waals surface area (Å²) in [6.07, 6.45) is -4.74. The van der Waals surface area contributed by atoms with Crippen molar-refractivity contribution in [2.24, 2.45) is 0 Å². The molecule has 0 fully saturated rings. The first-order valence-electron chi connectivity index (χ1n) is 15.1. The van der Waals surface area contributed by atoms with Crippen molar-refractivity contribution in [1.82, 2.24) is 9.97 Å². The van der Waals surface area contributed by atoms with E-state index in [0.29, 0.717) is 11.2 Å². The number of nitrogens with zero attached hydrogens (tertiary/aromatic N) is 2. The minimum absolute atomic E-state index is 0.0399. The lowest BCUT2D eigenvalue weighted by Gasteiger charge is -2.24. The zero-order chi connectivity index (χ0) is 40.5. The Labute approximate surface area is 317 Å². The highest BCUT2D eigenvalue weighted by molar-refractivity contribution is 7.94. The van der Waals surface area contributed by atoms with Crippen molar-refractivity contribution < 1.29 is 48.4 Å². The van der Waals surface area contributed by atoms with E-state index in [2.05, 4.69) is 15.3 Å². The van der Waals surface area contributed by atoms with Gasteiger partial charge in [0.2, 0.25) is 11.8 Å². The number of carbonyl (C=O) groups excluding carboxylic acids is 2. The van der Waals surface area contributed by atoms with Crippen LogP contribution in [0.5, 0.6) is 0 Å². The maximum Gasteiger partial charge on any atom is 0.433 e. The van der Waals surface area contributed by atoms with E-state index in [1.54, 1.807) is 5.38 Å². The van der Waals surface area contributed by atoms with Crippen LogP contribution in [0.15, 0.2) is 69.8 Å². The van der Waals surface area contributed by atoms with Crippen LogP contribution in [0.3, 0.4) is 0 Å². The monoisotopic (exact) mass is 842 g/mol. The molecule has 0 radical (unpaired) electrons. The number of nitrogens with one attached hydrogen (secondary N) is 2. The summed E-state index contributed by atoms with van der Waals surface area (Å²) < 4.78 is 113. The molecule has 0 saturated heterocycles. The summed E-state index contributed by atoms with van der Waals surface area (Å²) >= 11 is 12.5. The highest BCUT2D eigenvalue weighted by atomic mass is 35.5. The number of benzene rings is 2. The van der Waals surface area contributed by atoms with E-state index >= 15 is 0 Å². The molecule has 4 rings (SSSR count). The minimum Gasteiger partial charge on any atom is -0.309 e. The van der Waals surface area contributed by atoms with Crippen LogP contribution in [0.1, 0.15) is 59.9 Å². The fraction of sp³-hybridized carbons (Fsp3) is 0.333. The number of aromatic nitrogens is 2. The molecule has 10 nitrogen and oxygen atoms in total. The molecule has 2 N–H and O–H groups in total. The molecule has 53 heavy (non-hydrogen) atoms. The number of sulfone groups is 2. The Kier molecular flexibility index (Phi) is 12.8. The Morgan fingerprint density at radius 3 is 1.53 bits per heavy atom. The molecular weight excluding hydrogens is 810 g/mol. The smallest absolute Gasteiger partial charge is 0.309 e. The predicted octanol–water partition coefficient (Wildman–Crippen LogP) is 8.51. The van der Waals surface area contributed by atoms with Crippen LogP contribution in [0.4, 0.5) is 32.9 Å². The highest BCUT2D eigenvalue weighted by Crippen LogP contribution is 2.33. The van der Waals surface area contributed by atoms with Crippen LogP contribution in [0, 0.1) is 11.6 Å². The van der Waals surface area contributed by atoms with E-state index in [4.69, 9.17) is 23.2 Å². The second-order valence-corrected chi connectivity index (χ2v) is 19.9. The molecule has 2 amide bonds. The van der Waals surface area contributed by atoms with Crippen molar-refractivity contribution >= 4 is 77.0 Å². The molecule has 0 aliphatic rings. The quantitative estimate of drug-likeness (QED) is 0.168. The zero-order valence-corrected chi connectivity index (χ0v) is 32.9. The Morgan fingerprint density at radius 2 is 1.13 bits per heavy atom. The highest BCUT2D eigenvalue weighted by Gasteiger charge is 2.46. The van der Waals surface area contributed by atoms with E-state index in [-0.39, 0.29) is 15.5 Å². The van der Waals surface area contributed by atoms with Crippen LogP contribution < -0.4 is 10.6 Å². The first kappa shape index (κ1) is 43.7. The molecule has 0 atom stereocenters. The lowest BCUT2D eigenvalue weighted by molar-refractivity contribution is -0.141. The van der Waals surface area contributed by atoms with Crippen molar-refractivity contribution in [3.63, 3.8) is 0 Å². The molecule has 288 valence electrons. The van der Waals surface area contributed by atoms with Gasteiger partial charge in [0.05, 0.1) is 5.69 Å². The largest absolute Gasteiger partial charge is 0.433 e. The molecule has 2 aromatic heterocycles. The number of amides is 2. The summed E-state index contributed by atoms with van der Waals surface area (Å²) in [5.41, 5.74) is -0.681. The van der Waals surface area contributed by atoms with Gasteiger partial charge in [-0.15, -0.1) is 11.3 Å². The first-order chi connectivity index (χ1) is 24.0. The second kappa shape index (κ2) is 15.6. The number of anilines is 2. The number of rotatable bonds is 8. The van der Waals surface area contributed by atoms with Gasteiger partial charge < -0.3 is 10.6 Å². The van der Waals surface area contributed by atoms with Crippen LogP contribution in [0.2, 0.25) is 10.0 Å². The van der Waals surface area contributed by atoms with Crippen LogP contribution in [-0.4, -0.2) is 48.1 Å². The van der Waals surface area contributed by atoms with Crippen molar-refractivity contribution in [2.75, 3.05) is 10.6 Å². The minimum atomic E-state index is -4.74. The number of carbonyl (C=O) groups is 2. The van der Waals surface area contributed by atoms with E-state index < -0.39 is 80.1 Å². The van der Waals surface area contributed by atoms with Gasteiger partial charge in [-0.1, -0.05) is 50.0 Å². The predicted molar refractivity (Wildman–Crippen MR) is 193 cm³/mol. The SMILES string of the molecule is CC(C)(C(=O)Nc1cccc(C(F)(F)F)n1)S(=O)(=O)c1ccc(Cl)cc1F.CC(C)(C)c1csc(NC(=O)C(C)(C)S(=O)(=O)c2ccc(Cl)cc2F)n1. The van der Waals surface area contributed by atoms with Gasteiger partial charge in [0, 0.05) is 20.8 Å². The molecule has 0 aliphatic heterocycles. The Balaban J connectivity index is 0.000000286. The average molecular weight is 844 g/mol. The molecule has 0 bridgehead atoms. The van der Waals surface area contributed by atoms with Crippen molar-refractivity contribution in [1.29, 1.82) is 0 Å². The fourth-order valence-electron chi connectivity index (χ4n) is 4.03. The summed E-state index contributed by atoms with van der Waals surface area (Å²) in [7, 11) is -8.84. The number of alkyl halides is 3. The third-order valence-electron chi connectivity index (χ3n) is 7.58. The van der Waals surface area contributed by atoms with Gasteiger partial charge in [-0.2, -0.15) is 13.2 Å². The molecular formula is C33H33Cl2F5N4O6S3. The number of hydrogen-bond acceptors (Lipinski definition) is 9. The lowest BCUT2D eigenvalue weighted by atomic mass is 9.93. The molecule has 0 spiro atoms.